The Morgan fingerprint density at radius 1 is 1.22 bits per heavy atom. The topological polar surface area (TPSA) is 92.8 Å². The number of thiophene rings is 1. The molecule has 1 aromatic heterocycles. The second-order valence-corrected chi connectivity index (χ2v) is 9.30. The van der Waals surface area contributed by atoms with E-state index in [0.29, 0.717) is 34.8 Å². The monoisotopic (exact) mass is 408 g/mol. The maximum absolute atomic E-state index is 12.7. The first-order valence-corrected chi connectivity index (χ1v) is 10.8. The molecule has 27 heavy (non-hydrogen) atoms. The smallest absolute Gasteiger partial charge is 0.337 e. The van der Waals surface area contributed by atoms with Gasteiger partial charge in [0.15, 0.2) is 0 Å². The van der Waals surface area contributed by atoms with E-state index in [1.165, 1.54) is 22.8 Å². The van der Waals surface area contributed by atoms with Gasteiger partial charge >= 0.3 is 5.97 Å². The average molecular weight is 409 g/mol. The van der Waals surface area contributed by atoms with Crippen LogP contribution in [0.15, 0.2) is 46.0 Å². The number of nitrogens with one attached hydrogen (secondary N) is 1. The molecule has 9 heteroatoms. The number of sulfonamides is 1. The summed E-state index contributed by atoms with van der Waals surface area (Å²) in [7, 11) is -2.25. The Balaban J connectivity index is 1.66. The Bertz CT molecular complexity index is 908. The first kappa shape index (κ1) is 19.5. The minimum Gasteiger partial charge on any atom is -0.465 e. The van der Waals surface area contributed by atoms with Crippen LogP contribution >= 0.6 is 11.3 Å². The van der Waals surface area contributed by atoms with E-state index in [1.807, 2.05) is 0 Å². The van der Waals surface area contributed by atoms with E-state index in [4.69, 9.17) is 0 Å². The zero-order valence-electron chi connectivity index (χ0n) is 14.8. The number of carbonyl (C=O) groups is 2. The Morgan fingerprint density at radius 3 is 2.59 bits per heavy atom. The highest BCUT2D eigenvalue weighted by Gasteiger charge is 2.33. The number of benzene rings is 1. The molecule has 2 aromatic rings. The molecule has 144 valence electrons. The zero-order chi connectivity index (χ0) is 19.4. The molecule has 0 bridgehead atoms. The molecule has 1 N–H and O–H groups in total. The number of amides is 1. The zero-order valence-corrected chi connectivity index (χ0v) is 16.4. The fraction of sp³-hybridized carbons (Fsp3) is 0.333. The van der Waals surface area contributed by atoms with Gasteiger partial charge in [0, 0.05) is 18.8 Å². The predicted molar refractivity (Wildman–Crippen MR) is 102 cm³/mol. The van der Waals surface area contributed by atoms with Crippen molar-refractivity contribution in [1.29, 1.82) is 0 Å². The van der Waals surface area contributed by atoms with Crippen LogP contribution in [0.4, 0.5) is 5.69 Å². The van der Waals surface area contributed by atoms with Gasteiger partial charge in [0.05, 0.1) is 18.6 Å². The minimum absolute atomic E-state index is 0.159. The normalized spacial score (nSPS) is 18.0. The van der Waals surface area contributed by atoms with Gasteiger partial charge in [-0.15, -0.1) is 11.3 Å². The van der Waals surface area contributed by atoms with Crippen molar-refractivity contribution in [3.05, 3.63) is 47.3 Å². The van der Waals surface area contributed by atoms with Crippen molar-refractivity contribution < 1.29 is 22.7 Å². The van der Waals surface area contributed by atoms with Gasteiger partial charge in [-0.3, -0.25) is 4.79 Å². The SMILES string of the molecule is COC(=O)c1ccc(NC(=O)C2CCCN(S(=O)(=O)c3cccs3)C2)cc1. The molecule has 0 saturated carbocycles. The molecule has 1 aliphatic rings. The number of piperidine rings is 1. The van der Waals surface area contributed by atoms with Crippen molar-refractivity contribution in [2.45, 2.75) is 17.1 Å². The van der Waals surface area contributed by atoms with Gasteiger partial charge in [-0.2, -0.15) is 4.31 Å². The van der Waals surface area contributed by atoms with Crippen molar-refractivity contribution in [2.75, 3.05) is 25.5 Å². The van der Waals surface area contributed by atoms with Crippen LogP contribution < -0.4 is 5.32 Å². The molecule has 3 rings (SSSR count). The fourth-order valence-corrected chi connectivity index (χ4v) is 5.63. The van der Waals surface area contributed by atoms with Crippen molar-refractivity contribution in [3.63, 3.8) is 0 Å². The van der Waals surface area contributed by atoms with E-state index in [9.17, 15) is 18.0 Å². The standard InChI is InChI=1S/C18H20N2O5S2/c1-25-18(22)13-6-8-15(9-7-13)19-17(21)14-4-2-10-20(12-14)27(23,24)16-5-3-11-26-16/h3,5-9,11,14H,2,4,10,12H2,1H3,(H,19,21). The molecule has 7 nitrogen and oxygen atoms in total. The Morgan fingerprint density at radius 2 is 1.96 bits per heavy atom. The van der Waals surface area contributed by atoms with Crippen LogP contribution in [0.25, 0.3) is 0 Å². The molecule has 2 heterocycles. The lowest BCUT2D eigenvalue weighted by Gasteiger charge is -2.30. The average Bonchev–Trinajstić information content (AvgIpc) is 3.24. The second-order valence-electron chi connectivity index (χ2n) is 6.19. The van der Waals surface area contributed by atoms with E-state index in [2.05, 4.69) is 10.1 Å². The van der Waals surface area contributed by atoms with Gasteiger partial charge < -0.3 is 10.1 Å². The van der Waals surface area contributed by atoms with E-state index >= 15 is 0 Å². The lowest BCUT2D eigenvalue weighted by Crippen LogP contribution is -2.43. The minimum atomic E-state index is -3.56. The van der Waals surface area contributed by atoms with E-state index in [0.717, 1.165) is 0 Å². The molecular formula is C18H20N2O5S2. The van der Waals surface area contributed by atoms with Gasteiger partial charge in [0.1, 0.15) is 4.21 Å². The molecule has 1 saturated heterocycles. The largest absolute Gasteiger partial charge is 0.465 e. The van der Waals surface area contributed by atoms with E-state index in [-0.39, 0.29) is 12.5 Å². The van der Waals surface area contributed by atoms with Crippen LogP contribution in [0.2, 0.25) is 0 Å². The molecule has 1 fully saturated rings. The Labute approximate surface area is 162 Å². The number of esters is 1. The summed E-state index contributed by atoms with van der Waals surface area (Å²) < 4.78 is 31.6. The van der Waals surface area contributed by atoms with Crippen LogP contribution in [-0.4, -0.2) is 44.8 Å². The van der Waals surface area contributed by atoms with Gasteiger partial charge in [-0.25, -0.2) is 13.2 Å². The number of hydrogen-bond acceptors (Lipinski definition) is 6. The maximum atomic E-state index is 12.7. The highest BCUT2D eigenvalue weighted by Crippen LogP contribution is 2.27. The number of methoxy groups -OCH3 is 1. The third-order valence-electron chi connectivity index (χ3n) is 4.42. The van der Waals surface area contributed by atoms with Gasteiger partial charge in [0.25, 0.3) is 10.0 Å². The molecule has 0 radical (unpaired) electrons. The number of ether oxygens (including phenoxy) is 1. The molecule has 0 aliphatic carbocycles. The first-order chi connectivity index (χ1) is 12.9. The molecule has 1 amide bonds. The quantitative estimate of drug-likeness (QED) is 0.768. The third kappa shape index (κ3) is 4.37. The predicted octanol–water partition coefficient (Wildman–Crippen LogP) is 2.57. The van der Waals surface area contributed by atoms with Gasteiger partial charge in [-0.1, -0.05) is 6.07 Å². The highest BCUT2D eigenvalue weighted by molar-refractivity contribution is 7.91. The fourth-order valence-electron chi connectivity index (χ4n) is 2.96. The van der Waals surface area contributed by atoms with Crippen molar-refractivity contribution in [1.82, 2.24) is 4.31 Å². The lowest BCUT2D eigenvalue weighted by atomic mass is 9.98. The summed E-state index contributed by atoms with van der Waals surface area (Å²) in [6, 6.07) is 9.64. The number of rotatable bonds is 5. The summed E-state index contributed by atoms with van der Waals surface area (Å²) >= 11 is 1.17. The number of nitrogens with zero attached hydrogens (tertiary/aromatic N) is 1. The highest BCUT2D eigenvalue weighted by atomic mass is 32.2. The van der Waals surface area contributed by atoms with Crippen LogP contribution in [0.1, 0.15) is 23.2 Å². The molecular weight excluding hydrogens is 388 g/mol. The van der Waals surface area contributed by atoms with Crippen molar-refractivity contribution >= 4 is 38.9 Å². The van der Waals surface area contributed by atoms with E-state index < -0.39 is 21.9 Å². The summed E-state index contributed by atoms with van der Waals surface area (Å²) in [6.07, 6.45) is 1.26. The van der Waals surface area contributed by atoms with Crippen LogP contribution in [0.5, 0.6) is 0 Å². The molecule has 0 spiro atoms. The second kappa shape index (κ2) is 8.20. The molecule has 1 aliphatic heterocycles. The molecule has 1 atom stereocenters. The summed E-state index contributed by atoms with van der Waals surface area (Å²) in [6.45, 7) is 0.574. The van der Waals surface area contributed by atoms with Crippen LogP contribution in [0.3, 0.4) is 0 Å². The summed E-state index contributed by atoms with van der Waals surface area (Å²) in [5, 5.41) is 4.51. The van der Waals surface area contributed by atoms with Crippen molar-refractivity contribution in [3.8, 4) is 0 Å². The summed E-state index contributed by atoms with van der Waals surface area (Å²) in [5.41, 5.74) is 0.937. The third-order valence-corrected chi connectivity index (χ3v) is 7.66. The molecule has 1 aromatic carbocycles. The van der Waals surface area contributed by atoms with E-state index in [1.54, 1.807) is 41.8 Å². The van der Waals surface area contributed by atoms with Gasteiger partial charge in [0.2, 0.25) is 5.91 Å². The Kier molecular flexibility index (Phi) is 5.93. The van der Waals surface area contributed by atoms with Crippen LogP contribution in [-0.2, 0) is 19.6 Å². The number of carbonyl (C=O) groups excluding carboxylic acids is 2. The summed E-state index contributed by atoms with van der Waals surface area (Å²) in [5.74, 6) is -1.10. The van der Waals surface area contributed by atoms with Crippen LogP contribution in [0, 0.1) is 5.92 Å². The summed E-state index contributed by atoms with van der Waals surface area (Å²) in [4.78, 5) is 24.0. The first-order valence-electron chi connectivity index (χ1n) is 8.44. The lowest BCUT2D eigenvalue weighted by molar-refractivity contribution is -0.120. The number of hydrogen-bond donors (Lipinski definition) is 1. The van der Waals surface area contributed by atoms with Crippen molar-refractivity contribution in [2.24, 2.45) is 5.92 Å². The van der Waals surface area contributed by atoms with Gasteiger partial charge in [-0.05, 0) is 48.6 Å². The maximum Gasteiger partial charge on any atom is 0.337 e. The Hall–Kier alpha value is -2.23. The molecule has 1 unspecified atom stereocenters. The number of anilines is 1.